The summed E-state index contributed by atoms with van der Waals surface area (Å²) < 4.78 is 18.2. The Hall–Kier alpha value is -1.68. The fourth-order valence-corrected chi connectivity index (χ4v) is 2.42. The van der Waals surface area contributed by atoms with Gasteiger partial charge in [-0.15, -0.1) is 11.8 Å². The molecule has 1 N–H and O–H groups in total. The zero-order valence-corrected chi connectivity index (χ0v) is 11.2. The summed E-state index contributed by atoms with van der Waals surface area (Å²) in [5, 5.41) is 9.32. The van der Waals surface area contributed by atoms with Crippen LogP contribution >= 0.6 is 11.8 Å². The van der Waals surface area contributed by atoms with E-state index in [1.807, 2.05) is 12.1 Å². The highest BCUT2D eigenvalue weighted by Crippen LogP contribution is 2.22. The molecule has 0 unspecified atom stereocenters. The lowest BCUT2D eigenvalue weighted by molar-refractivity contribution is 0.318. The summed E-state index contributed by atoms with van der Waals surface area (Å²) in [7, 11) is 0. The molecule has 2 aromatic rings. The fraction of sp³-hybridized carbons (Fsp3) is 0.200. The first-order valence-corrected chi connectivity index (χ1v) is 7.03. The minimum Gasteiger partial charge on any atom is -0.508 e. The molecule has 0 bridgehead atoms. The van der Waals surface area contributed by atoms with E-state index in [9.17, 15) is 9.50 Å². The molecule has 0 amide bonds. The lowest BCUT2D eigenvalue weighted by atomic mass is 10.3. The van der Waals surface area contributed by atoms with E-state index in [2.05, 4.69) is 0 Å². The van der Waals surface area contributed by atoms with Crippen LogP contribution in [-0.4, -0.2) is 17.5 Å². The molecule has 0 saturated carbocycles. The highest BCUT2D eigenvalue weighted by molar-refractivity contribution is 7.99. The minimum absolute atomic E-state index is 0.258. The molecule has 0 aromatic heterocycles. The van der Waals surface area contributed by atoms with Crippen molar-refractivity contribution < 1.29 is 14.2 Å². The second kappa shape index (κ2) is 7.04. The largest absolute Gasteiger partial charge is 0.508 e. The number of rotatable bonds is 6. The monoisotopic (exact) mass is 278 g/mol. The quantitative estimate of drug-likeness (QED) is 0.637. The first-order valence-electron chi connectivity index (χ1n) is 6.04. The predicted octanol–water partition coefficient (Wildman–Crippen LogP) is 4.09. The van der Waals surface area contributed by atoms with Crippen molar-refractivity contribution in [3.8, 4) is 11.5 Å². The maximum Gasteiger partial charge on any atom is 0.123 e. The zero-order chi connectivity index (χ0) is 13.5. The summed E-state index contributed by atoms with van der Waals surface area (Å²) in [6.45, 7) is 0.595. The molecule has 4 heteroatoms. The molecule has 2 nitrogen and oxygen atoms in total. The molecule has 0 radical (unpaired) electrons. The van der Waals surface area contributed by atoms with Gasteiger partial charge in [-0.05, 0) is 48.9 Å². The van der Waals surface area contributed by atoms with Crippen LogP contribution in [0.25, 0.3) is 0 Å². The zero-order valence-electron chi connectivity index (χ0n) is 10.4. The van der Waals surface area contributed by atoms with Gasteiger partial charge in [-0.3, -0.25) is 0 Å². The van der Waals surface area contributed by atoms with E-state index in [-0.39, 0.29) is 11.6 Å². The van der Waals surface area contributed by atoms with Gasteiger partial charge >= 0.3 is 0 Å². The van der Waals surface area contributed by atoms with Gasteiger partial charge in [-0.2, -0.15) is 0 Å². The van der Waals surface area contributed by atoms with Crippen LogP contribution in [0.2, 0.25) is 0 Å². The maximum absolute atomic E-state index is 12.7. The molecule has 2 rings (SSSR count). The smallest absolute Gasteiger partial charge is 0.123 e. The summed E-state index contributed by atoms with van der Waals surface area (Å²) in [4.78, 5) is 1.04. The lowest BCUT2D eigenvalue weighted by Gasteiger charge is -2.06. The number of aromatic hydroxyl groups is 1. The highest BCUT2D eigenvalue weighted by Gasteiger charge is 1.97. The van der Waals surface area contributed by atoms with Crippen molar-refractivity contribution >= 4 is 11.8 Å². The van der Waals surface area contributed by atoms with Crippen LogP contribution in [0, 0.1) is 5.82 Å². The van der Waals surface area contributed by atoms with Gasteiger partial charge < -0.3 is 9.84 Å². The van der Waals surface area contributed by atoms with Crippen LogP contribution in [-0.2, 0) is 0 Å². The fourth-order valence-electron chi connectivity index (χ4n) is 1.54. The molecule has 0 aliphatic heterocycles. The number of thioether (sulfide) groups is 1. The Labute approximate surface area is 116 Å². The summed E-state index contributed by atoms with van der Waals surface area (Å²) in [6.07, 6.45) is 0.887. The molecular formula is C15H15FO2S. The first kappa shape index (κ1) is 13.7. The van der Waals surface area contributed by atoms with Crippen LogP contribution in [0.4, 0.5) is 4.39 Å². The molecule has 2 aromatic carbocycles. The van der Waals surface area contributed by atoms with E-state index in [0.717, 1.165) is 17.1 Å². The van der Waals surface area contributed by atoms with E-state index in [1.54, 1.807) is 36.0 Å². The van der Waals surface area contributed by atoms with Crippen molar-refractivity contribution in [1.29, 1.82) is 0 Å². The summed E-state index contributed by atoms with van der Waals surface area (Å²) in [5.41, 5.74) is 0. The average Bonchev–Trinajstić information content (AvgIpc) is 2.41. The van der Waals surface area contributed by atoms with Crippen molar-refractivity contribution in [3.63, 3.8) is 0 Å². The number of phenolic OH excluding ortho intramolecular Hbond substituents is 1. The second-order valence-corrected chi connectivity index (χ2v) is 5.17. The van der Waals surface area contributed by atoms with Crippen molar-refractivity contribution in [3.05, 3.63) is 54.3 Å². The summed E-state index contributed by atoms with van der Waals surface area (Å²) >= 11 is 1.67. The Bertz CT molecular complexity index is 514. The van der Waals surface area contributed by atoms with E-state index in [4.69, 9.17) is 4.74 Å². The van der Waals surface area contributed by atoms with Gasteiger partial charge in [-0.1, -0.05) is 6.07 Å². The van der Waals surface area contributed by atoms with E-state index in [0.29, 0.717) is 12.4 Å². The predicted molar refractivity (Wildman–Crippen MR) is 75.3 cm³/mol. The SMILES string of the molecule is Oc1cccc(SCCCOc2ccc(F)cc2)c1. The third-order valence-corrected chi connectivity index (χ3v) is 3.54. The molecule has 0 heterocycles. The Morgan fingerprint density at radius 2 is 1.89 bits per heavy atom. The molecule has 19 heavy (non-hydrogen) atoms. The van der Waals surface area contributed by atoms with Gasteiger partial charge in [0.1, 0.15) is 17.3 Å². The van der Waals surface area contributed by atoms with E-state index >= 15 is 0 Å². The van der Waals surface area contributed by atoms with Crippen LogP contribution in [0.5, 0.6) is 11.5 Å². The molecule has 0 spiro atoms. The molecule has 100 valence electrons. The standard InChI is InChI=1S/C15H15FO2S/c16-12-5-7-14(8-6-12)18-9-2-10-19-15-4-1-3-13(17)11-15/h1,3-8,11,17H,2,9-10H2. The Morgan fingerprint density at radius 1 is 1.11 bits per heavy atom. The minimum atomic E-state index is -0.258. The van der Waals surface area contributed by atoms with Gasteiger partial charge in [0.2, 0.25) is 0 Å². The normalized spacial score (nSPS) is 10.4. The van der Waals surface area contributed by atoms with Crippen LogP contribution in [0.3, 0.4) is 0 Å². The van der Waals surface area contributed by atoms with Gasteiger partial charge in [0.25, 0.3) is 0 Å². The number of ether oxygens (including phenoxy) is 1. The van der Waals surface area contributed by atoms with Crippen molar-refractivity contribution in [2.24, 2.45) is 0 Å². The van der Waals surface area contributed by atoms with E-state index in [1.165, 1.54) is 12.1 Å². The summed E-state index contributed by atoms with van der Waals surface area (Å²) in [6, 6.07) is 13.2. The number of phenols is 1. The maximum atomic E-state index is 12.7. The summed E-state index contributed by atoms with van der Waals surface area (Å²) in [5.74, 6) is 1.62. The Morgan fingerprint density at radius 3 is 2.63 bits per heavy atom. The van der Waals surface area contributed by atoms with Crippen LogP contribution < -0.4 is 4.74 Å². The third kappa shape index (κ3) is 4.83. The number of halogens is 1. The first-order chi connectivity index (χ1) is 9.24. The molecule has 0 fully saturated rings. The molecule has 0 saturated heterocycles. The van der Waals surface area contributed by atoms with Gasteiger partial charge in [-0.25, -0.2) is 4.39 Å². The molecule has 0 aliphatic carbocycles. The van der Waals surface area contributed by atoms with Crippen LogP contribution in [0.15, 0.2) is 53.4 Å². The van der Waals surface area contributed by atoms with Crippen molar-refractivity contribution in [2.75, 3.05) is 12.4 Å². The van der Waals surface area contributed by atoms with Gasteiger partial charge in [0.05, 0.1) is 6.61 Å². The van der Waals surface area contributed by atoms with Crippen LogP contribution in [0.1, 0.15) is 6.42 Å². The number of hydrogen-bond acceptors (Lipinski definition) is 3. The highest BCUT2D eigenvalue weighted by atomic mass is 32.2. The average molecular weight is 278 g/mol. The Kier molecular flexibility index (Phi) is 5.10. The topological polar surface area (TPSA) is 29.5 Å². The molecule has 0 aliphatic rings. The lowest BCUT2D eigenvalue weighted by Crippen LogP contribution is -1.98. The third-order valence-electron chi connectivity index (χ3n) is 2.46. The molecule has 0 atom stereocenters. The van der Waals surface area contributed by atoms with Gasteiger partial charge in [0, 0.05) is 10.6 Å². The van der Waals surface area contributed by atoms with E-state index < -0.39 is 0 Å². The molecular weight excluding hydrogens is 263 g/mol. The second-order valence-electron chi connectivity index (χ2n) is 4.00. The van der Waals surface area contributed by atoms with Crippen molar-refractivity contribution in [1.82, 2.24) is 0 Å². The van der Waals surface area contributed by atoms with Crippen molar-refractivity contribution in [2.45, 2.75) is 11.3 Å². The number of hydrogen-bond donors (Lipinski definition) is 1. The van der Waals surface area contributed by atoms with Gasteiger partial charge in [0.15, 0.2) is 0 Å². The Balaban J connectivity index is 1.66. The number of benzene rings is 2.